The Morgan fingerprint density at radius 1 is 1.62 bits per heavy atom. The topological polar surface area (TPSA) is 87.2 Å². The summed E-state index contributed by atoms with van der Waals surface area (Å²) in [4.78, 5) is 9.75. The lowest BCUT2D eigenvalue weighted by Crippen LogP contribution is -1.95. The first kappa shape index (κ1) is 9.16. The third-order valence-corrected chi connectivity index (χ3v) is 1.52. The lowest BCUT2D eigenvalue weighted by molar-refractivity contribution is -0.385. The largest absolute Gasteiger partial charge is 0.385 e. The van der Waals surface area contributed by atoms with Crippen molar-refractivity contribution in [3.8, 4) is 6.07 Å². The van der Waals surface area contributed by atoms with Gasteiger partial charge in [-0.1, -0.05) is 12.1 Å². The van der Waals surface area contributed by atoms with E-state index in [1.807, 2.05) is 0 Å². The van der Waals surface area contributed by atoms with E-state index in [2.05, 4.69) is 0 Å². The minimum absolute atomic E-state index is 0.130. The fraction of sp³-hybridized carbons (Fsp3) is 0. The second kappa shape index (κ2) is 3.65. The molecular formula is C8H5N2O3. The highest BCUT2D eigenvalue weighted by Crippen LogP contribution is 2.21. The minimum atomic E-state index is -0.661. The van der Waals surface area contributed by atoms with Gasteiger partial charge >= 0.3 is 0 Å². The van der Waals surface area contributed by atoms with Gasteiger partial charge in [-0.3, -0.25) is 10.1 Å². The van der Waals surface area contributed by atoms with E-state index in [9.17, 15) is 10.1 Å². The predicted molar refractivity (Wildman–Crippen MR) is 43.1 cm³/mol. The van der Waals surface area contributed by atoms with Gasteiger partial charge in [-0.15, -0.1) is 0 Å². The monoisotopic (exact) mass is 177 g/mol. The molecule has 0 atom stereocenters. The molecule has 0 saturated carbocycles. The zero-order chi connectivity index (χ0) is 9.84. The van der Waals surface area contributed by atoms with E-state index in [-0.39, 0.29) is 16.8 Å². The van der Waals surface area contributed by atoms with E-state index in [0.717, 1.165) is 0 Å². The Morgan fingerprint density at radius 3 is 2.77 bits per heavy atom. The molecule has 1 N–H and O–H groups in total. The normalized spacial score (nSPS) is 9.23. The van der Waals surface area contributed by atoms with Gasteiger partial charge in [-0.25, -0.2) is 0 Å². The first-order chi connectivity index (χ1) is 6.20. The summed E-state index contributed by atoms with van der Waals surface area (Å²) in [5, 5.41) is 27.7. The summed E-state index contributed by atoms with van der Waals surface area (Å²) in [6, 6.07) is 5.70. The standard InChI is InChI=1S/C8H5N2O3/c9-4-7-6(5-11)2-1-3-8(7)10(12)13/h1-3,5,11H. The Labute approximate surface area is 74.0 Å². The van der Waals surface area contributed by atoms with Crippen LogP contribution < -0.4 is 0 Å². The van der Waals surface area contributed by atoms with E-state index in [4.69, 9.17) is 10.4 Å². The van der Waals surface area contributed by atoms with Crippen molar-refractivity contribution in [2.45, 2.75) is 0 Å². The molecule has 5 nitrogen and oxygen atoms in total. The van der Waals surface area contributed by atoms with Crippen molar-refractivity contribution in [2.75, 3.05) is 0 Å². The smallest absolute Gasteiger partial charge is 0.287 e. The van der Waals surface area contributed by atoms with Crippen LogP contribution in [0.15, 0.2) is 18.2 Å². The van der Waals surface area contributed by atoms with Crippen molar-refractivity contribution in [1.82, 2.24) is 0 Å². The predicted octanol–water partition coefficient (Wildman–Crippen LogP) is 1.35. The number of benzene rings is 1. The first-order valence-electron chi connectivity index (χ1n) is 3.35. The molecule has 0 aromatic heterocycles. The number of nitrogens with zero attached hydrogens (tertiary/aromatic N) is 2. The first-order valence-corrected chi connectivity index (χ1v) is 3.35. The maximum atomic E-state index is 10.4. The molecule has 0 unspecified atom stereocenters. The summed E-state index contributed by atoms with van der Waals surface area (Å²) in [7, 11) is 0. The van der Waals surface area contributed by atoms with Crippen LogP contribution in [0.1, 0.15) is 11.1 Å². The lowest BCUT2D eigenvalue weighted by atomic mass is 10.1. The minimum Gasteiger partial charge on any atom is -0.385 e. The van der Waals surface area contributed by atoms with Gasteiger partial charge in [0.15, 0.2) is 0 Å². The van der Waals surface area contributed by atoms with Gasteiger partial charge in [0, 0.05) is 11.6 Å². The SMILES string of the molecule is N#Cc1c([CH]O)cccc1[N+](=O)[O-]. The van der Waals surface area contributed by atoms with Gasteiger partial charge in [0.05, 0.1) is 4.92 Å². The summed E-state index contributed by atoms with van der Waals surface area (Å²) < 4.78 is 0. The molecular weight excluding hydrogens is 172 g/mol. The molecule has 0 aliphatic rings. The number of nitro groups is 1. The Balaban J connectivity index is 3.38. The number of aliphatic hydroxyl groups excluding tert-OH is 1. The third kappa shape index (κ3) is 1.63. The highest BCUT2D eigenvalue weighted by molar-refractivity contribution is 5.54. The average Bonchev–Trinajstić information content (AvgIpc) is 2.16. The third-order valence-electron chi connectivity index (χ3n) is 1.52. The lowest BCUT2D eigenvalue weighted by Gasteiger charge is -1.98. The summed E-state index contributed by atoms with van der Waals surface area (Å²) >= 11 is 0. The number of hydrogen-bond acceptors (Lipinski definition) is 4. The Kier molecular flexibility index (Phi) is 2.57. The van der Waals surface area contributed by atoms with Crippen LogP contribution in [0, 0.1) is 28.1 Å². The second-order valence-corrected chi connectivity index (χ2v) is 2.24. The molecule has 0 heterocycles. The van der Waals surface area contributed by atoms with E-state index in [1.165, 1.54) is 18.2 Å². The molecule has 13 heavy (non-hydrogen) atoms. The summed E-state index contributed by atoms with van der Waals surface area (Å²) in [5.41, 5.74) is -0.281. The highest BCUT2D eigenvalue weighted by atomic mass is 16.6. The zero-order valence-electron chi connectivity index (χ0n) is 6.47. The van der Waals surface area contributed by atoms with Crippen LogP contribution in [0.2, 0.25) is 0 Å². The van der Waals surface area contributed by atoms with Crippen molar-refractivity contribution in [3.05, 3.63) is 46.0 Å². The number of nitro benzene ring substituents is 1. The molecule has 1 aromatic rings. The Hall–Kier alpha value is -1.93. The number of nitriles is 1. The van der Waals surface area contributed by atoms with Crippen LogP contribution in [0.3, 0.4) is 0 Å². The van der Waals surface area contributed by atoms with Crippen molar-refractivity contribution in [2.24, 2.45) is 0 Å². The summed E-state index contributed by atoms with van der Waals surface area (Å²) in [5.74, 6) is 0. The Bertz CT molecular complexity index is 381. The summed E-state index contributed by atoms with van der Waals surface area (Å²) in [6.07, 6.45) is 0. The number of rotatable bonds is 2. The molecule has 0 fully saturated rings. The van der Waals surface area contributed by atoms with E-state index in [0.29, 0.717) is 6.61 Å². The van der Waals surface area contributed by atoms with Crippen LogP contribution in [0.5, 0.6) is 0 Å². The van der Waals surface area contributed by atoms with Crippen molar-refractivity contribution < 1.29 is 10.0 Å². The van der Waals surface area contributed by atoms with Crippen LogP contribution in [0.25, 0.3) is 0 Å². The van der Waals surface area contributed by atoms with Gasteiger partial charge in [-0.2, -0.15) is 5.26 Å². The number of hydrogen-bond donors (Lipinski definition) is 1. The molecule has 1 radical (unpaired) electrons. The fourth-order valence-corrected chi connectivity index (χ4v) is 0.939. The molecule has 0 amide bonds. The number of aliphatic hydroxyl groups is 1. The Morgan fingerprint density at radius 2 is 2.31 bits per heavy atom. The van der Waals surface area contributed by atoms with Gasteiger partial charge < -0.3 is 5.11 Å². The van der Waals surface area contributed by atoms with E-state index >= 15 is 0 Å². The quantitative estimate of drug-likeness (QED) is 0.545. The molecule has 65 valence electrons. The van der Waals surface area contributed by atoms with Crippen molar-refractivity contribution in [3.63, 3.8) is 0 Å². The molecule has 0 bridgehead atoms. The van der Waals surface area contributed by atoms with E-state index < -0.39 is 4.92 Å². The molecule has 1 rings (SSSR count). The van der Waals surface area contributed by atoms with Gasteiger partial charge in [0.2, 0.25) is 0 Å². The van der Waals surface area contributed by atoms with Crippen molar-refractivity contribution in [1.29, 1.82) is 5.26 Å². The molecule has 1 aromatic carbocycles. The summed E-state index contributed by atoms with van der Waals surface area (Å²) in [6.45, 7) is 0.672. The maximum absolute atomic E-state index is 10.4. The molecule has 0 spiro atoms. The second-order valence-electron chi connectivity index (χ2n) is 2.24. The zero-order valence-corrected chi connectivity index (χ0v) is 6.47. The van der Waals surface area contributed by atoms with Gasteiger partial charge in [0.1, 0.15) is 18.2 Å². The molecule has 0 saturated heterocycles. The molecule has 0 aliphatic carbocycles. The average molecular weight is 177 g/mol. The van der Waals surface area contributed by atoms with E-state index in [1.54, 1.807) is 6.07 Å². The molecule has 0 aliphatic heterocycles. The maximum Gasteiger partial charge on any atom is 0.287 e. The fourth-order valence-electron chi connectivity index (χ4n) is 0.939. The highest BCUT2D eigenvalue weighted by Gasteiger charge is 2.16. The van der Waals surface area contributed by atoms with Crippen molar-refractivity contribution >= 4 is 5.69 Å². The molecule has 5 heteroatoms. The van der Waals surface area contributed by atoms with Crippen LogP contribution >= 0.6 is 0 Å². The van der Waals surface area contributed by atoms with Crippen LogP contribution in [-0.2, 0) is 0 Å². The van der Waals surface area contributed by atoms with Crippen LogP contribution in [0.4, 0.5) is 5.69 Å². The van der Waals surface area contributed by atoms with Gasteiger partial charge in [0.25, 0.3) is 5.69 Å². The van der Waals surface area contributed by atoms with Gasteiger partial charge in [-0.05, 0) is 0 Å². The van der Waals surface area contributed by atoms with Crippen LogP contribution in [-0.4, -0.2) is 10.0 Å².